The summed E-state index contributed by atoms with van der Waals surface area (Å²) < 4.78 is 28.9. The van der Waals surface area contributed by atoms with Crippen molar-refractivity contribution in [3.63, 3.8) is 0 Å². The van der Waals surface area contributed by atoms with Gasteiger partial charge in [-0.2, -0.15) is 0 Å². The lowest BCUT2D eigenvalue weighted by Crippen LogP contribution is -2.18. The minimum atomic E-state index is -3.06. The molecule has 0 atom stereocenters. The van der Waals surface area contributed by atoms with E-state index in [9.17, 15) is 13.2 Å². The molecule has 0 fully saturated rings. The van der Waals surface area contributed by atoms with E-state index in [0.29, 0.717) is 22.8 Å². The smallest absolute Gasteiger partial charge is 0.295 e. The Bertz CT molecular complexity index is 779. The predicted molar refractivity (Wildman–Crippen MR) is 80.2 cm³/mol. The molecule has 1 aromatic carbocycles. The van der Waals surface area contributed by atoms with Gasteiger partial charge < -0.3 is 0 Å². The lowest BCUT2D eigenvalue weighted by Gasteiger charge is -2.06. The van der Waals surface area contributed by atoms with Crippen LogP contribution in [0.1, 0.15) is 13.3 Å². The molecule has 0 spiro atoms. The monoisotopic (exact) mass is 330 g/mol. The van der Waals surface area contributed by atoms with Crippen molar-refractivity contribution < 1.29 is 12.9 Å². The van der Waals surface area contributed by atoms with Crippen molar-refractivity contribution in [1.29, 1.82) is 0 Å². The maximum atomic E-state index is 11.7. The molecule has 6 nitrogen and oxygen atoms in total. The maximum absolute atomic E-state index is 11.7. The molecule has 0 N–H and O–H groups in total. The van der Waals surface area contributed by atoms with Gasteiger partial charge in [-0.15, -0.1) is 0 Å². The van der Waals surface area contributed by atoms with Gasteiger partial charge in [-0.25, -0.2) is 13.2 Å². The number of sulfone groups is 1. The Morgan fingerprint density at radius 2 is 2.05 bits per heavy atom. The van der Waals surface area contributed by atoms with Crippen LogP contribution in [0.25, 0.3) is 11.4 Å². The molecule has 8 heteroatoms. The summed E-state index contributed by atoms with van der Waals surface area (Å²) in [4.78, 5) is 11.7. The van der Waals surface area contributed by atoms with Gasteiger partial charge in [0.1, 0.15) is 9.84 Å². The van der Waals surface area contributed by atoms with Crippen LogP contribution in [0.4, 0.5) is 0 Å². The summed E-state index contributed by atoms with van der Waals surface area (Å²) >= 11 is 6.08. The van der Waals surface area contributed by atoms with Gasteiger partial charge in [-0.05, 0) is 18.6 Å². The third kappa shape index (κ3) is 3.74. The van der Waals surface area contributed by atoms with Crippen molar-refractivity contribution in [2.75, 3.05) is 11.5 Å². The zero-order chi connectivity index (χ0) is 15.5. The van der Waals surface area contributed by atoms with Crippen LogP contribution in [0.15, 0.2) is 33.6 Å². The van der Waals surface area contributed by atoms with Crippen molar-refractivity contribution in [1.82, 2.24) is 9.72 Å². The SMILES string of the molecule is CCS(=O)(=O)CCCn1c(-c2ccccc2Cl)noc1=O. The van der Waals surface area contributed by atoms with Crippen LogP contribution < -0.4 is 5.76 Å². The molecule has 2 aromatic rings. The van der Waals surface area contributed by atoms with Crippen molar-refractivity contribution in [2.45, 2.75) is 19.9 Å². The maximum Gasteiger partial charge on any atom is 0.441 e. The molecule has 2 rings (SSSR count). The molecule has 0 radical (unpaired) electrons. The first-order chi connectivity index (χ1) is 9.94. The highest BCUT2D eigenvalue weighted by Gasteiger charge is 2.16. The van der Waals surface area contributed by atoms with E-state index >= 15 is 0 Å². The topological polar surface area (TPSA) is 82.2 Å². The second kappa shape index (κ2) is 6.44. The lowest BCUT2D eigenvalue weighted by molar-refractivity contribution is 0.375. The Morgan fingerprint density at radius 1 is 1.33 bits per heavy atom. The van der Waals surface area contributed by atoms with Gasteiger partial charge >= 0.3 is 5.76 Å². The molecular weight excluding hydrogens is 316 g/mol. The summed E-state index contributed by atoms with van der Waals surface area (Å²) in [5, 5.41) is 4.17. The highest BCUT2D eigenvalue weighted by molar-refractivity contribution is 7.91. The first-order valence-electron chi connectivity index (χ1n) is 6.46. The first kappa shape index (κ1) is 15.8. The van der Waals surface area contributed by atoms with Crippen molar-refractivity contribution in [3.05, 3.63) is 39.8 Å². The van der Waals surface area contributed by atoms with Crippen molar-refractivity contribution in [2.24, 2.45) is 0 Å². The zero-order valence-corrected chi connectivity index (χ0v) is 13.0. The van der Waals surface area contributed by atoms with E-state index in [1.54, 1.807) is 31.2 Å². The van der Waals surface area contributed by atoms with Gasteiger partial charge in [0.05, 0.1) is 10.8 Å². The molecule has 0 aliphatic heterocycles. The fourth-order valence-electron chi connectivity index (χ4n) is 1.89. The zero-order valence-electron chi connectivity index (χ0n) is 11.5. The summed E-state index contributed by atoms with van der Waals surface area (Å²) in [6.07, 6.45) is 0.314. The largest absolute Gasteiger partial charge is 0.441 e. The van der Waals surface area contributed by atoms with E-state index in [1.165, 1.54) is 4.57 Å². The standard InChI is InChI=1S/C13H15ClN2O4S/c1-2-21(18,19)9-5-8-16-12(15-20-13(16)17)10-6-3-4-7-11(10)14/h3-4,6-7H,2,5,8-9H2,1H3. The van der Waals surface area contributed by atoms with Crippen LogP contribution in [0.5, 0.6) is 0 Å². The summed E-state index contributed by atoms with van der Waals surface area (Å²) in [6.45, 7) is 1.80. The predicted octanol–water partition coefficient (Wildman–Crippen LogP) is 1.98. The van der Waals surface area contributed by atoms with Crippen LogP contribution in [0, 0.1) is 0 Å². The van der Waals surface area contributed by atoms with Gasteiger partial charge in [0.25, 0.3) is 0 Å². The summed E-state index contributed by atoms with van der Waals surface area (Å²) in [5.41, 5.74) is 0.573. The third-order valence-electron chi connectivity index (χ3n) is 3.08. The second-order valence-electron chi connectivity index (χ2n) is 4.49. The number of aromatic nitrogens is 2. The lowest BCUT2D eigenvalue weighted by atomic mass is 10.2. The minimum absolute atomic E-state index is 0.0169. The average molecular weight is 331 g/mol. The molecule has 0 saturated carbocycles. The number of nitrogens with zero attached hydrogens (tertiary/aromatic N) is 2. The van der Waals surface area contributed by atoms with Gasteiger partial charge in [0, 0.05) is 17.9 Å². The van der Waals surface area contributed by atoms with E-state index in [1.807, 2.05) is 0 Å². The van der Waals surface area contributed by atoms with Gasteiger partial charge in [0.2, 0.25) is 0 Å². The third-order valence-corrected chi connectivity index (χ3v) is 5.20. The molecule has 21 heavy (non-hydrogen) atoms. The highest BCUT2D eigenvalue weighted by Crippen LogP contribution is 2.25. The molecule has 0 bridgehead atoms. The van der Waals surface area contributed by atoms with Crippen LogP contribution in [-0.2, 0) is 16.4 Å². The highest BCUT2D eigenvalue weighted by atomic mass is 35.5. The molecule has 1 aromatic heterocycles. The normalized spacial score (nSPS) is 11.7. The number of rotatable bonds is 6. The summed E-state index contributed by atoms with van der Waals surface area (Å²) in [6, 6.07) is 6.94. The Labute approximate surface area is 127 Å². The molecule has 0 aliphatic carbocycles. The minimum Gasteiger partial charge on any atom is -0.295 e. The van der Waals surface area contributed by atoms with Crippen molar-refractivity contribution in [3.8, 4) is 11.4 Å². The fraction of sp³-hybridized carbons (Fsp3) is 0.385. The Balaban J connectivity index is 2.24. The molecule has 1 heterocycles. The number of benzene rings is 1. The Morgan fingerprint density at radius 3 is 2.71 bits per heavy atom. The van der Waals surface area contributed by atoms with Gasteiger partial charge in [0.15, 0.2) is 5.82 Å². The van der Waals surface area contributed by atoms with Crippen LogP contribution in [-0.4, -0.2) is 29.6 Å². The number of hydrogen-bond acceptors (Lipinski definition) is 5. The quantitative estimate of drug-likeness (QED) is 0.808. The van der Waals surface area contributed by atoms with Gasteiger partial charge in [-0.1, -0.05) is 35.8 Å². The van der Waals surface area contributed by atoms with E-state index in [-0.39, 0.29) is 18.1 Å². The van der Waals surface area contributed by atoms with E-state index in [4.69, 9.17) is 11.6 Å². The number of hydrogen-bond donors (Lipinski definition) is 0. The van der Waals surface area contributed by atoms with Gasteiger partial charge in [-0.3, -0.25) is 9.09 Å². The second-order valence-corrected chi connectivity index (χ2v) is 7.37. The molecular formula is C13H15ClN2O4S. The van der Waals surface area contributed by atoms with E-state index in [2.05, 4.69) is 9.68 Å². The molecule has 114 valence electrons. The van der Waals surface area contributed by atoms with Crippen molar-refractivity contribution >= 4 is 21.4 Å². The average Bonchev–Trinajstić information content (AvgIpc) is 2.81. The Kier molecular flexibility index (Phi) is 4.84. The molecule has 0 aliphatic rings. The van der Waals surface area contributed by atoms with Crippen LogP contribution >= 0.6 is 11.6 Å². The fourth-order valence-corrected chi connectivity index (χ4v) is 2.97. The molecule has 0 amide bonds. The molecule has 0 unspecified atom stereocenters. The van der Waals surface area contributed by atoms with Crippen LogP contribution in [0.2, 0.25) is 5.02 Å². The molecule has 0 saturated heterocycles. The first-order valence-corrected chi connectivity index (χ1v) is 8.66. The summed E-state index contributed by atoms with van der Waals surface area (Å²) in [5.74, 6) is -0.218. The van der Waals surface area contributed by atoms with Crippen LogP contribution in [0.3, 0.4) is 0 Å². The van der Waals surface area contributed by atoms with E-state index in [0.717, 1.165) is 0 Å². The Hall–Kier alpha value is -1.60. The number of halogens is 1. The van der Waals surface area contributed by atoms with E-state index < -0.39 is 15.6 Å². The summed E-state index contributed by atoms with van der Waals surface area (Å²) in [7, 11) is -3.06.